The lowest BCUT2D eigenvalue weighted by molar-refractivity contribution is 0.590. The lowest BCUT2D eigenvalue weighted by Gasteiger charge is -2.05. The van der Waals surface area contributed by atoms with Crippen LogP contribution in [0.3, 0.4) is 0 Å². The molecule has 126 valence electrons. The molecule has 0 aliphatic rings. The minimum Gasteiger partial charge on any atom is -0.422 e. The van der Waals surface area contributed by atoms with Gasteiger partial charge in [0.2, 0.25) is 0 Å². The molecule has 0 spiro atoms. The first-order chi connectivity index (χ1) is 12.2. The maximum absolute atomic E-state index is 11.3. The molecule has 0 saturated carbocycles. The van der Waals surface area contributed by atoms with Gasteiger partial charge in [0.05, 0.1) is 11.9 Å². The first kappa shape index (κ1) is 15.5. The lowest BCUT2D eigenvalue weighted by atomic mass is 10.2. The summed E-state index contributed by atoms with van der Waals surface area (Å²) in [7, 11) is -1.12. The normalized spacial score (nSPS) is 12.2. The molecule has 0 bridgehead atoms. The van der Waals surface area contributed by atoms with Crippen molar-refractivity contribution < 1.29 is 8.63 Å². The van der Waals surface area contributed by atoms with Crippen LogP contribution in [0.25, 0.3) is 22.4 Å². The first-order valence-electron chi connectivity index (χ1n) is 7.68. The van der Waals surface area contributed by atoms with Crippen LogP contribution in [0.2, 0.25) is 0 Å². The SMILES string of the molecule is CS(=O)Nc1cccc(Nc2ncc(-c3cc4ccccc4[nH]3)o2)c1. The van der Waals surface area contributed by atoms with Gasteiger partial charge in [0.25, 0.3) is 6.01 Å². The molecule has 25 heavy (non-hydrogen) atoms. The fraction of sp³-hybridized carbons (Fsp3) is 0.0556. The Balaban J connectivity index is 1.56. The van der Waals surface area contributed by atoms with E-state index < -0.39 is 11.0 Å². The molecule has 0 fully saturated rings. The topological polar surface area (TPSA) is 83.0 Å². The second kappa shape index (κ2) is 6.45. The third-order valence-electron chi connectivity index (χ3n) is 3.68. The highest BCUT2D eigenvalue weighted by Gasteiger charge is 2.09. The van der Waals surface area contributed by atoms with Gasteiger partial charge in [0, 0.05) is 28.5 Å². The third kappa shape index (κ3) is 3.41. The van der Waals surface area contributed by atoms with E-state index in [0.29, 0.717) is 11.8 Å². The van der Waals surface area contributed by atoms with Crippen molar-refractivity contribution in [3.05, 3.63) is 60.8 Å². The summed E-state index contributed by atoms with van der Waals surface area (Å²) in [5.74, 6) is 0.655. The van der Waals surface area contributed by atoms with Crippen LogP contribution >= 0.6 is 0 Å². The maximum Gasteiger partial charge on any atom is 0.299 e. The standard InChI is InChI=1S/C18H16N4O2S/c1-25(23)22-14-7-4-6-13(10-14)20-18-19-11-17(24-18)16-9-12-5-2-3-8-15(12)21-16/h2-11,21-22H,1H3,(H,19,20). The Morgan fingerprint density at radius 3 is 2.76 bits per heavy atom. The van der Waals surface area contributed by atoms with Gasteiger partial charge >= 0.3 is 0 Å². The van der Waals surface area contributed by atoms with Crippen molar-refractivity contribution in [3.8, 4) is 11.5 Å². The summed E-state index contributed by atoms with van der Waals surface area (Å²) < 4.78 is 19.9. The van der Waals surface area contributed by atoms with Crippen LogP contribution < -0.4 is 10.0 Å². The molecule has 0 aliphatic carbocycles. The van der Waals surface area contributed by atoms with Crippen molar-refractivity contribution in [2.75, 3.05) is 16.3 Å². The van der Waals surface area contributed by atoms with Gasteiger partial charge in [-0.25, -0.2) is 9.19 Å². The predicted molar refractivity (Wildman–Crippen MR) is 101 cm³/mol. The minimum atomic E-state index is -1.12. The van der Waals surface area contributed by atoms with Crippen molar-refractivity contribution in [3.63, 3.8) is 0 Å². The fourth-order valence-corrected chi connectivity index (χ4v) is 3.07. The van der Waals surface area contributed by atoms with Gasteiger partial charge in [-0.05, 0) is 30.3 Å². The average Bonchev–Trinajstić information content (AvgIpc) is 3.20. The first-order valence-corrected chi connectivity index (χ1v) is 9.24. The Hall–Kier alpha value is -3.06. The number of anilines is 3. The van der Waals surface area contributed by atoms with Gasteiger partial charge in [-0.3, -0.25) is 0 Å². The van der Waals surface area contributed by atoms with Crippen LogP contribution in [0.1, 0.15) is 0 Å². The summed E-state index contributed by atoms with van der Waals surface area (Å²) in [5.41, 5.74) is 3.47. The summed E-state index contributed by atoms with van der Waals surface area (Å²) in [6, 6.07) is 17.9. The second-order valence-electron chi connectivity index (χ2n) is 5.56. The molecule has 2 aromatic heterocycles. The maximum atomic E-state index is 11.3. The Kier molecular flexibility index (Phi) is 3.99. The number of oxazole rings is 1. The minimum absolute atomic E-state index is 0.392. The van der Waals surface area contributed by atoms with E-state index in [2.05, 4.69) is 20.0 Å². The fourth-order valence-electron chi connectivity index (χ4n) is 2.61. The second-order valence-corrected chi connectivity index (χ2v) is 6.67. The molecule has 0 saturated heterocycles. The van der Waals surface area contributed by atoms with Crippen molar-refractivity contribution in [2.45, 2.75) is 0 Å². The molecule has 1 unspecified atom stereocenters. The summed E-state index contributed by atoms with van der Waals surface area (Å²) in [6.07, 6.45) is 3.26. The van der Waals surface area contributed by atoms with E-state index >= 15 is 0 Å². The van der Waals surface area contributed by atoms with Gasteiger partial charge in [0.15, 0.2) is 5.76 Å². The van der Waals surface area contributed by atoms with Gasteiger partial charge in [-0.1, -0.05) is 24.3 Å². The molecule has 1 atom stereocenters. The van der Waals surface area contributed by atoms with E-state index in [9.17, 15) is 4.21 Å². The van der Waals surface area contributed by atoms with Crippen LogP contribution in [0.4, 0.5) is 17.4 Å². The summed E-state index contributed by atoms with van der Waals surface area (Å²) in [4.78, 5) is 7.58. The largest absolute Gasteiger partial charge is 0.422 e. The number of aromatic nitrogens is 2. The molecular formula is C18H16N4O2S. The molecule has 2 heterocycles. The van der Waals surface area contributed by atoms with E-state index in [0.717, 1.165) is 28.0 Å². The number of para-hydroxylation sites is 1. The summed E-state index contributed by atoms with van der Waals surface area (Å²) >= 11 is 0. The number of rotatable bonds is 5. The molecule has 4 aromatic rings. The number of fused-ring (bicyclic) bond motifs is 1. The lowest BCUT2D eigenvalue weighted by Crippen LogP contribution is -2.01. The van der Waals surface area contributed by atoms with E-state index in [1.807, 2.05) is 54.6 Å². The number of benzene rings is 2. The molecular weight excluding hydrogens is 336 g/mol. The van der Waals surface area contributed by atoms with Crippen molar-refractivity contribution >= 4 is 39.3 Å². The molecule has 7 heteroatoms. The van der Waals surface area contributed by atoms with E-state index in [-0.39, 0.29) is 0 Å². The summed E-state index contributed by atoms with van der Waals surface area (Å²) in [6.45, 7) is 0. The highest BCUT2D eigenvalue weighted by molar-refractivity contribution is 7.85. The predicted octanol–water partition coefficient (Wildman–Crippen LogP) is 4.27. The highest BCUT2D eigenvalue weighted by Crippen LogP contribution is 2.27. The van der Waals surface area contributed by atoms with Gasteiger partial charge in [-0.15, -0.1) is 0 Å². The average molecular weight is 352 g/mol. The van der Waals surface area contributed by atoms with Crippen LogP contribution in [-0.2, 0) is 11.0 Å². The van der Waals surface area contributed by atoms with Crippen LogP contribution in [0.15, 0.2) is 65.2 Å². The number of hydrogen-bond acceptors (Lipinski definition) is 4. The van der Waals surface area contributed by atoms with Gasteiger partial charge < -0.3 is 19.4 Å². The van der Waals surface area contributed by atoms with Crippen molar-refractivity contribution in [1.82, 2.24) is 9.97 Å². The smallest absolute Gasteiger partial charge is 0.299 e. The Morgan fingerprint density at radius 2 is 1.92 bits per heavy atom. The van der Waals surface area contributed by atoms with Gasteiger partial charge in [-0.2, -0.15) is 0 Å². The molecule has 0 radical (unpaired) electrons. The van der Waals surface area contributed by atoms with Gasteiger partial charge in [0.1, 0.15) is 11.0 Å². The molecule has 6 nitrogen and oxygen atoms in total. The number of nitrogens with one attached hydrogen (secondary N) is 3. The molecule has 0 aliphatic heterocycles. The zero-order valence-electron chi connectivity index (χ0n) is 13.4. The summed E-state index contributed by atoms with van der Waals surface area (Å²) in [5, 5.41) is 4.23. The zero-order valence-corrected chi connectivity index (χ0v) is 14.3. The monoisotopic (exact) mass is 352 g/mol. The van der Waals surface area contributed by atoms with Crippen molar-refractivity contribution in [2.24, 2.45) is 0 Å². The number of aromatic amines is 1. The molecule has 4 rings (SSSR count). The molecule has 3 N–H and O–H groups in total. The molecule has 0 amide bonds. The Labute approximate surface area is 146 Å². The van der Waals surface area contributed by atoms with E-state index in [1.165, 1.54) is 0 Å². The van der Waals surface area contributed by atoms with Crippen molar-refractivity contribution in [1.29, 1.82) is 0 Å². The third-order valence-corrected chi connectivity index (χ3v) is 4.20. The van der Waals surface area contributed by atoms with Crippen LogP contribution in [0, 0.1) is 0 Å². The molecule has 2 aromatic carbocycles. The quantitative estimate of drug-likeness (QED) is 0.501. The highest BCUT2D eigenvalue weighted by atomic mass is 32.2. The zero-order chi connectivity index (χ0) is 17.2. The van der Waals surface area contributed by atoms with Crippen LogP contribution in [-0.4, -0.2) is 20.4 Å². The van der Waals surface area contributed by atoms with E-state index in [4.69, 9.17) is 4.42 Å². The number of H-pyrrole nitrogens is 1. The number of hydrogen-bond donors (Lipinski definition) is 3. The Morgan fingerprint density at radius 1 is 1.08 bits per heavy atom. The van der Waals surface area contributed by atoms with Crippen LogP contribution in [0.5, 0.6) is 0 Å². The van der Waals surface area contributed by atoms with E-state index in [1.54, 1.807) is 12.5 Å². The number of nitrogens with zero attached hydrogens (tertiary/aromatic N) is 1. The Bertz CT molecular complexity index is 1020.